The molecule has 0 aromatic rings. The van der Waals surface area contributed by atoms with Crippen LogP contribution in [-0.4, -0.2) is 0 Å². The zero-order valence-electron chi connectivity index (χ0n) is 5.39. The summed E-state index contributed by atoms with van der Waals surface area (Å²) in [5.74, 6) is 0.551. The molecule has 0 aliphatic rings. The molecule has 0 aromatic carbocycles. The van der Waals surface area contributed by atoms with E-state index in [9.17, 15) is 0 Å². The molecule has 0 spiro atoms. The Balaban J connectivity index is 3.40. The van der Waals surface area contributed by atoms with Crippen molar-refractivity contribution in [1.29, 1.82) is 5.26 Å². The number of nitrogens with zero attached hydrogens (tertiary/aromatic N) is 1. The Labute approximate surface area is 50.6 Å². The highest BCUT2D eigenvalue weighted by Crippen LogP contribution is 2.00. The van der Waals surface area contributed by atoms with Gasteiger partial charge in [-0.2, -0.15) is 5.26 Å². The maximum absolute atomic E-state index is 8.07. The Morgan fingerprint density at radius 3 is 2.75 bits per heavy atom. The summed E-state index contributed by atoms with van der Waals surface area (Å²) in [6, 6.07) is 1.95. The van der Waals surface area contributed by atoms with Crippen LogP contribution >= 0.6 is 0 Å². The number of nitriles is 1. The van der Waals surface area contributed by atoms with E-state index in [0.717, 1.165) is 6.42 Å². The second-order valence-corrected chi connectivity index (χ2v) is 1.87. The molecule has 0 saturated heterocycles. The van der Waals surface area contributed by atoms with E-state index in [1.165, 1.54) is 6.08 Å². The number of hydrogen-bond donors (Lipinski definition) is 0. The summed E-state index contributed by atoms with van der Waals surface area (Å²) in [7, 11) is 0. The molecule has 8 heavy (non-hydrogen) atoms. The van der Waals surface area contributed by atoms with Crippen LogP contribution < -0.4 is 0 Å². The molecule has 0 aromatic heterocycles. The molecule has 0 fully saturated rings. The van der Waals surface area contributed by atoms with Crippen molar-refractivity contribution >= 4 is 0 Å². The molecule has 0 amide bonds. The second kappa shape index (κ2) is 4.39. The van der Waals surface area contributed by atoms with Gasteiger partial charge in [0.05, 0.1) is 6.07 Å². The van der Waals surface area contributed by atoms with Crippen LogP contribution in [0, 0.1) is 17.2 Å². The van der Waals surface area contributed by atoms with Crippen LogP contribution in [0.15, 0.2) is 12.2 Å². The van der Waals surface area contributed by atoms with Crippen LogP contribution in [0.1, 0.15) is 20.3 Å². The van der Waals surface area contributed by atoms with Gasteiger partial charge in [-0.15, -0.1) is 0 Å². The smallest absolute Gasteiger partial charge is 0.0908 e. The molecule has 0 heterocycles. The van der Waals surface area contributed by atoms with Crippen LogP contribution in [0.2, 0.25) is 0 Å². The summed E-state index contributed by atoms with van der Waals surface area (Å²) in [4.78, 5) is 0. The van der Waals surface area contributed by atoms with Gasteiger partial charge in [-0.25, -0.2) is 0 Å². The predicted molar refractivity (Wildman–Crippen MR) is 34.2 cm³/mol. The molecule has 0 saturated carbocycles. The van der Waals surface area contributed by atoms with Gasteiger partial charge in [0.1, 0.15) is 0 Å². The van der Waals surface area contributed by atoms with Gasteiger partial charge in [-0.05, 0) is 5.92 Å². The number of rotatable bonds is 2. The maximum atomic E-state index is 8.07. The Bertz CT molecular complexity index is 108. The van der Waals surface area contributed by atoms with Crippen molar-refractivity contribution < 1.29 is 0 Å². The lowest BCUT2D eigenvalue weighted by molar-refractivity contribution is 0.698. The van der Waals surface area contributed by atoms with E-state index in [-0.39, 0.29) is 0 Å². The van der Waals surface area contributed by atoms with Crippen LogP contribution in [0.25, 0.3) is 0 Å². The average molecular weight is 109 g/mol. The topological polar surface area (TPSA) is 23.8 Å². The molecule has 44 valence electrons. The summed E-state index contributed by atoms with van der Waals surface area (Å²) >= 11 is 0. The largest absolute Gasteiger partial charge is 0.193 e. The van der Waals surface area contributed by atoms with Gasteiger partial charge >= 0.3 is 0 Å². The SMILES string of the molecule is CCC(C)/C=C/C#N. The fraction of sp³-hybridized carbons (Fsp3) is 0.571. The van der Waals surface area contributed by atoms with E-state index in [4.69, 9.17) is 5.26 Å². The zero-order chi connectivity index (χ0) is 6.41. The normalized spacial score (nSPS) is 13.6. The van der Waals surface area contributed by atoms with E-state index >= 15 is 0 Å². The highest BCUT2D eigenvalue weighted by atomic mass is 14.2. The lowest BCUT2D eigenvalue weighted by Gasteiger charge is -1.94. The van der Waals surface area contributed by atoms with Gasteiger partial charge in [-0.3, -0.25) is 0 Å². The van der Waals surface area contributed by atoms with Gasteiger partial charge in [0.2, 0.25) is 0 Å². The molecule has 0 aliphatic carbocycles. The third-order valence-corrected chi connectivity index (χ3v) is 1.14. The Kier molecular flexibility index (Phi) is 3.97. The molecule has 0 radical (unpaired) electrons. The van der Waals surface area contributed by atoms with Crippen molar-refractivity contribution in [1.82, 2.24) is 0 Å². The first kappa shape index (κ1) is 7.23. The lowest BCUT2D eigenvalue weighted by Crippen LogP contribution is -1.82. The van der Waals surface area contributed by atoms with Crippen molar-refractivity contribution in [3.63, 3.8) is 0 Å². The fourth-order valence-electron chi connectivity index (χ4n) is 0.343. The van der Waals surface area contributed by atoms with E-state index in [1.54, 1.807) is 0 Å². The van der Waals surface area contributed by atoms with Crippen molar-refractivity contribution in [3.05, 3.63) is 12.2 Å². The molecule has 0 rings (SSSR count). The first-order valence-corrected chi connectivity index (χ1v) is 2.87. The molecule has 0 bridgehead atoms. The van der Waals surface area contributed by atoms with E-state index in [0.29, 0.717) is 5.92 Å². The van der Waals surface area contributed by atoms with E-state index in [2.05, 4.69) is 13.8 Å². The van der Waals surface area contributed by atoms with Crippen molar-refractivity contribution in [2.45, 2.75) is 20.3 Å². The Morgan fingerprint density at radius 1 is 1.75 bits per heavy atom. The molecule has 0 N–H and O–H groups in total. The summed E-state index contributed by atoms with van der Waals surface area (Å²) in [6.07, 6.45) is 4.56. The zero-order valence-corrected chi connectivity index (χ0v) is 5.39. The molecule has 0 aliphatic heterocycles. The van der Waals surface area contributed by atoms with Crippen molar-refractivity contribution in [3.8, 4) is 6.07 Å². The number of hydrogen-bond acceptors (Lipinski definition) is 1. The Hall–Kier alpha value is -0.770. The molecular formula is C7H11N. The first-order chi connectivity index (χ1) is 3.81. The minimum atomic E-state index is 0.551. The Morgan fingerprint density at radius 2 is 2.38 bits per heavy atom. The molecule has 1 atom stereocenters. The highest BCUT2D eigenvalue weighted by Gasteiger charge is 1.87. The predicted octanol–water partition coefficient (Wildman–Crippen LogP) is 2.11. The second-order valence-electron chi connectivity index (χ2n) is 1.87. The fourth-order valence-corrected chi connectivity index (χ4v) is 0.343. The van der Waals surface area contributed by atoms with Crippen LogP contribution in [0.4, 0.5) is 0 Å². The van der Waals surface area contributed by atoms with Gasteiger partial charge in [-0.1, -0.05) is 26.3 Å². The van der Waals surface area contributed by atoms with E-state index in [1.807, 2.05) is 12.1 Å². The highest BCUT2D eigenvalue weighted by molar-refractivity contribution is 5.02. The van der Waals surface area contributed by atoms with Gasteiger partial charge in [0.25, 0.3) is 0 Å². The van der Waals surface area contributed by atoms with Crippen molar-refractivity contribution in [2.75, 3.05) is 0 Å². The van der Waals surface area contributed by atoms with Gasteiger partial charge in [0.15, 0.2) is 0 Å². The molecule has 1 unspecified atom stereocenters. The molecule has 1 nitrogen and oxygen atoms in total. The summed E-state index contributed by atoms with van der Waals surface area (Å²) in [5.41, 5.74) is 0. The van der Waals surface area contributed by atoms with Gasteiger partial charge < -0.3 is 0 Å². The third kappa shape index (κ3) is 3.42. The van der Waals surface area contributed by atoms with Crippen LogP contribution in [-0.2, 0) is 0 Å². The van der Waals surface area contributed by atoms with Crippen LogP contribution in [0.5, 0.6) is 0 Å². The minimum absolute atomic E-state index is 0.551. The quantitative estimate of drug-likeness (QED) is 0.498. The number of allylic oxidation sites excluding steroid dienone is 2. The standard InChI is InChI=1S/C7H11N/c1-3-7(2)5-4-6-8/h4-5,7H,3H2,1-2H3/b5-4+. The summed E-state index contributed by atoms with van der Waals surface area (Å²) in [6.45, 7) is 4.19. The molecule has 1 heteroatoms. The van der Waals surface area contributed by atoms with Crippen LogP contribution in [0.3, 0.4) is 0 Å². The minimum Gasteiger partial charge on any atom is -0.193 e. The first-order valence-electron chi connectivity index (χ1n) is 2.87. The van der Waals surface area contributed by atoms with Gasteiger partial charge in [0, 0.05) is 6.08 Å². The maximum Gasteiger partial charge on any atom is 0.0908 e. The monoisotopic (exact) mass is 109 g/mol. The average Bonchev–Trinajstić information content (AvgIpc) is 1.83. The summed E-state index contributed by atoms with van der Waals surface area (Å²) < 4.78 is 0. The third-order valence-electron chi connectivity index (χ3n) is 1.14. The van der Waals surface area contributed by atoms with Crippen molar-refractivity contribution in [2.24, 2.45) is 5.92 Å². The lowest BCUT2D eigenvalue weighted by atomic mass is 10.1. The van der Waals surface area contributed by atoms with E-state index < -0.39 is 0 Å². The molecular weight excluding hydrogens is 98.1 g/mol. The summed E-state index contributed by atoms with van der Waals surface area (Å²) in [5, 5.41) is 8.07.